The third kappa shape index (κ3) is 1.43. The third-order valence-corrected chi connectivity index (χ3v) is 3.96. The first kappa shape index (κ1) is 9.95. The lowest BCUT2D eigenvalue weighted by Crippen LogP contribution is -2.27. The minimum atomic E-state index is 0.370. The van der Waals surface area contributed by atoms with Crippen molar-refractivity contribution >= 4 is 5.78 Å². The predicted octanol–water partition coefficient (Wildman–Crippen LogP) is 3.20. The summed E-state index contributed by atoms with van der Waals surface area (Å²) in [5, 5.41) is 0. The Morgan fingerprint density at radius 2 is 2.00 bits per heavy atom. The summed E-state index contributed by atoms with van der Waals surface area (Å²) < 4.78 is 0. The lowest BCUT2D eigenvalue weighted by molar-refractivity contribution is -0.124. The van der Waals surface area contributed by atoms with Crippen molar-refractivity contribution in [1.82, 2.24) is 0 Å². The van der Waals surface area contributed by atoms with Gasteiger partial charge in [-0.05, 0) is 30.6 Å². The van der Waals surface area contributed by atoms with Gasteiger partial charge in [-0.2, -0.15) is 0 Å². The zero-order valence-corrected chi connectivity index (χ0v) is 9.20. The summed E-state index contributed by atoms with van der Waals surface area (Å²) in [5.41, 5.74) is 0. The Balaban J connectivity index is 2.13. The molecule has 1 nitrogen and oxygen atoms in total. The highest BCUT2D eigenvalue weighted by Crippen LogP contribution is 2.50. The van der Waals surface area contributed by atoms with Gasteiger partial charge in [-0.3, -0.25) is 4.79 Å². The Morgan fingerprint density at radius 3 is 2.64 bits per heavy atom. The second-order valence-electron chi connectivity index (χ2n) is 4.75. The molecule has 14 heavy (non-hydrogen) atoms. The minimum Gasteiger partial charge on any atom is -0.299 e. The van der Waals surface area contributed by atoms with Crippen LogP contribution < -0.4 is 0 Å². The van der Waals surface area contributed by atoms with Crippen LogP contribution in [0.25, 0.3) is 0 Å². The van der Waals surface area contributed by atoms with Gasteiger partial charge in [0.1, 0.15) is 5.78 Å². The number of fused-ring (bicyclic) bond motifs is 2. The molecular weight excluding hydrogens is 172 g/mol. The predicted molar refractivity (Wildman–Crippen MR) is 57.9 cm³/mol. The van der Waals surface area contributed by atoms with Gasteiger partial charge in [0.25, 0.3) is 0 Å². The average Bonchev–Trinajstić information content (AvgIpc) is 2.77. The van der Waals surface area contributed by atoms with Crippen molar-refractivity contribution in [3.8, 4) is 0 Å². The van der Waals surface area contributed by atoms with E-state index < -0.39 is 0 Å². The largest absolute Gasteiger partial charge is 0.299 e. The molecule has 1 fully saturated rings. The highest BCUT2D eigenvalue weighted by Gasteiger charge is 2.46. The van der Waals surface area contributed by atoms with Crippen molar-refractivity contribution in [2.45, 2.75) is 39.5 Å². The first-order valence-electron chi connectivity index (χ1n) is 5.99. The first-order chi connectivity index (χ1) is 6.77. The SMILES string of the molecule is CCCC1C2C=CC(C2)C1C(=O)CC. The Morgan fingerprint density at radius 1 is 1.29 bits per heavy atom. The van der Waals surface area contributed by atoms with Gasteiger partial charge >= 0.3 is 0 Å². The van der Waals surface area contributed by atoms with Crippen LogP contribution in [0, 0.1) is 23.7 Å². The second kappa shape index (κ2) is 3.88. The normalized spacial score (nSPS) is 39.3. The van der Waals surface area contributed by atoms with E-state index in [0.717, 1.165) is 12.3 Å². The maximum absolute atomic E-state index is 11.9. The maximum Gasteiger partial charge on any atom is 0.136 e. The molecule has 78 valence electrons. The van der Waals surface area contributed by atoms with Gasteiger partial charge in [0.15, 0.2) is 0 Å². The minimum absolute atomic E-state index is 0.370. The van der Waals surface area contributed by atoms with E-state index >= 15 is 0 Å². The summed E-state index contributed by atoms with van der Waals surface area (Å²) in [5.74, 6) is 2.85. The van der Waals surface area contributed by atoms with Crippen LogP contribution in [0.2, 0.25) is 0 Å². The van der Waals surface area contributed by atoms with Crippen molar-refractivity contribution in [3.63, 3.8) is 0 Å². The molecule has 0 aromatic rings. The monoisotopic (exact) mass is 192 g/mol. The fraction of sp³-hybridized carbons (Fsp3) is 0.769. The van der Waals surface area contributed by atoms with Crippen LogP contribution in [-0.4, -0.2) is 5.78 Å². The molecule has 2 rings (SSSR count). The van der Waals surface area contributed by atoms with Gasteiger partial charge in [0, 0.05) is 12.3 Å². The van der Waals surface area contributed by atoms with E-state index in [2.05, 4.69) is 19.1 Å². The fourth-order valence-electron chi connectivity index (χ4n) is 3.36. The molecule has 0 aliphatic heterocycles. The molecule has 4 unspecified atom stereocenters. The van der Waals surface area contributed by atoms with E-state index in [1.807, 2.05) is 6.92 Å². The molecule has 0 aromatic carbocycles. The molecule has 0 saturated heterocycles. The number of carbonyl (C=O) groups is 1. The molecule has 4 atom stereocenters. The number of allylic oxidation sites excluding steroid dienone is 2. The van der Waals surface area contributed by atoms with Crippen molar-refractivity contribution in [2.75, 3.05) is 0 Å². The van der Waals surface area contributed by atoms with Crippen molar-refractivity contribution in [1.29, 1.82) is 0 Å². The van der Waals surface area contributed by atoms with Gasteiger partial charge in [-0.15, -0.1) is 0 Å². The summed E-state index contributed by atoms with van der Waals surface area (Å²) in [4.78, 5) is 11.9. The molecule has 2 aliphatic rings. The maximum atomic E-state index is 11.9. The zero-order valence-electron chi connectivity index (χ0n) is 9.20. The van der Waals surface area contributed by atoms with Crippen LogP contribution in [0.4, 0.5) is 0 Å². The van der Waals surface area contributed by atoms with Crippen molar-refractivity contribution < 1.29 is 4.79 Å². The zero-order chi connectivity index (χ0) is 10.1. The number of hydrogen-bond acceptors (Lipinski definition) is 1. The van der Waals surface area contributed by atoms with Gasteiger partial charge in [-0.25, -0.2) is 0 Å². The summed E-state index contributed by atoms with van der Waals surface area (Å²) in [6, 6.07) is 0. The summed E-state index contributed by atoms with van der Waals surface area (Å²) in [6.45, 7) is 4.23. The summed E-state index contributed by atoms with van der Waals surface area (Å²) >= 11 is 0. The second-order valence-corrected chi connectivity index (χ2v) is 4.75. The Labute approximate surface area is 86.6 Å². The number of ketones is 1. The van der Waals surface area contributed by atoms with E-state index in [4.69, 9.17) is 0 Å². The van der Waals surface area contributed by atoms with Gasteiger partial charge in [0.05, 0.1) is 0 Å². The fourth-order valence-corrected chi connectivity index (χ4v) is 3.36. The lowest BCUT2D eigenvalue weighted by atomic mass is 9.77. The third-order valence-electron chi connectivity index (χ3n) is 3.96. The van der Waals surface area contributed by atoms with Crippen molar-refractivity contribution in [3.05, 3.63) is 12.2 Å². The Hall–Kier alpha value is -0.590. The summed E-state index contributed by atoms with van der Waals surface area (Å²) in [7, 11) is 0. The van der Waals surface area contributed by atoms with Gasteiger partial charge < -0.3 is 0 Å². The molecule has 0 radical (unpaired) electrons. The number of carbonyl (C=O) groups excluding carboxylic acids is 1. The molecule has 0 aromatic heterocycles. The van der Waals surface area contributed by atoms with Crippen molar-refractivity contribution in [2.24, 2.45) is 23.7 Å². The number of rotatable bonds is 4. The lowest BCUT2D eigenvalue weighted by Gasteiger charge is -2.26. The molecule has 2 aliphatic carbocycles. The quantitative estimate of drug-likeness (QED) is 0.625. The van der Waals surface area contributed by atoms with E-state index in [9.17, 15) is 4.79 Å². The first-order valence-corrected chi connectivity index (χ1v) is 5.99. The van der Waals surface area contributed by atoms with E-state index in [0.29, 0.717) is 23.5 Å². The van der Waals surface area contributed by atoms with Crippen LogP contribution in [-0.2, 0) is 4.79 Å². The Kier molecular flexibility index (Phi) is 2.76. The Bertz CT molecular complexity index is 254. The summed E-state index contributed by atoms with van der Waals surface area (Å²) in [6.07, 6.45) is 9.07. The van der Waals surface area contributed by atoms with Crippen LogP contribution in [0.5, 0.6) is 0 Å². The van der Waals surface area contributed by atoms with E-state index in [1.54, 1.807) is 0 Å². The van der Waals surface area contributed by atoms with Crippen LogP contribution in [0.3, 0.4) is 0 Å². The molecule has 0 N–H and O–H groups in total. The molecule has 1 heteroatoms. The topological polar surface area (TPSA) is 17.1 Å². The average molecular weight is 192 g/mol. The molecule has 1 saturated carbocycles. The standard InChI is InChI=1S/C13H20O/c1-3-5-11-9-6-7-10(8-9)13(11)12(14)4-2/h6-7,9-11,13H,3-5,8H2,1-2H3. The number of Topliss-reactive ketones (excluding diaryl/α,β-unsaturated/α-hetero) is 1. The molecular formula is C13H20O. The van der Waals surface area contributed by atoms with Crippen LogP contribution in [0.1, 0.15) is 39.5 Å². The van der Waals surface area contributed by atoms with E-state index in [1.165, 1.54) is 19.3 Å². The van der Waals surface area contributed by atoms with Crippen LogP contribution >= 0.6 is 0 Å². The van der Waals surface area contributed by atoms with Crippen LogP contribution in [0.15, 0.2) is 12.2 Å². The smallest absolute Gasteiger partial charge is 0.136 e. The highest BCUT2D eigenvalue weighted by atomic mass is 16.1. The molecule has 0 amide bonds. The van der Waals surface area contributed by atoms with E-state index in [-0.39, 0.29) is 0 Å². The highest BCUT2D eigenvalue weighted by molar-refractivity contribution is 5.82. The van der Waals surface area contributed by atoms with Gasteiger partial charge in [0.2, 0.25) is 0 Å². The molecule has 0 heterocycles. The van der Waals surface area contributed by atoms with Gasteiger partial charge in [-0.1, -0.05) is 32.4 Å². The molecule has 2 bridgehead atoms. The molecule has 0 spiro atoms. The number of hydrogen-bond donors (Lipinski definition) is 0.